The van der Waals surface area contributed by atoms with E-state index in [1.54, 1.807) is 6.92 Å². The fourth-order valence-corrected chi connectivity index (χ4v) is 1.43. The quantitative estimate of drug-likeness (QED) is 0.864. The van der Waals surface area contributed by atoms with Crippen molar-refractivity contribution in [1.82, 2.24) is 4.98 Å². The van der Waals surface area contributed by atoms with Crippen LogP contribution in [-0.4, -0.2) is 17.6 Å². The monoisotopic (exact) mass is 268 g/mol. The molecule has 0 aliphatic heterocycles. The molecule has 19 heavy (non-hydrogen) atoms. The van der Waals surface area contributed by atoms with Gasteiger partial charge in [-0.15, -0.1) is 0 Å². The fraction of sp³-hybridized carbons (Fsp3) is 0.167. The molecule has 0 spiro atoms. The van der Waals surface area contributed by atoms with Gasteiger partial charge in [0.15, 0.2) is 11.6 Å². The van der Waals surface area contributed by atoms with Gasteiger partial charge in [0.1, 0.15) is 0 Å². The molecular weight excluding hydrogens is 258 g/mol. The lowest BCUT2D eigenvalue weighted by atomic mass is 10.2. The predicted octanol–water partition coefficient (Wildman–Crippen LogP) is 2.38. The maximum Gasteiger partial charge on any atom is 0.362 e. The smallest absolute Gasteiger partial charge is 0.362 e. The van der Waals surface area contributed by atoms with Crippen LogP contribution in [0.25, 0.3) is 11.5 Å². The minimum Gasteiger partial charge on any atom is -0.461 e. The van der Waals surface area contributed by atoms with Crippen molar-refractivity contribution in [3.05, 3.63) is 35.5 Å². The van der Waals surface area contributed by atoms with E-state index in [1.807, 2.05) is 0 Å². The van der Waals surface area contributed by atoms with Gasteiger partial charge in [0.05, 0.1) is 6.61 Å². The first-order valence-electron chi connectivity index (χ1n) is 5.41. The summed E-state index contributed by atoms with van der Waals surface area (Å²) in [5.74, 6) is -3.10. The molecule has 2 rings (SSSR count). The fourth-order valence-electron chi connectivity index (χ4n) is 1.43. The molecule has 0 fully saturated rings. The van der Waals surface area contributed by atoms with Gasteiger partial charge in [-0.05, 0) is 25.1 Å². The van der Waals surface area contributed by atoms with E-state index in [0.29, 0.717) is 0 Å². The molecule has 0 aliphatic carbocycles. The second-order valence-electron chi connectivity index (χ2n) is 3.58. The Balaban J connectivity index is 2.38. The highest BCUT2D eigenvalue weighted by Gasteiger charge is 2.20. The molecule has 2 aromatic rings. The van der Waals surface area contributed by atoms with Gasteiger partial charge >= 0.3 is 5.97 Å². The van der Waals surface area contributed by atoms with Crippen molar-refractivity contribution in [3.8, 4) is 11.5 Å². The van der Waals surface area contributed by atoms with Crippen molar-refractivity contribution in [2.45, 2.75) is 6.92 Å². The summed E-state index contributed by atoms with van der Waals surface area (Å²) >= 11 is 0. The van der Waals surface area contributed by atoms with Crippen LogP contribution in [-0.2, 0) is 4.74 Å². The number of carbonyl (C=O) groups is 1. The van der Waals surface area contributed by atoms with Gasteiger partial charge in [-0.2, -0.15) is 4.98 Å². The molecule has 0 aliphatic rings. The molecule has 1 aromatic carbocycles. The lowest BCUT2D eigenvalue weighted by molar-refractivity contribution is 0.0521. The Morgan fingerprint density at radius 1 is 1.42 bits per heavy atom. The summed E-state index contributed by atoms with van der Waals surface area (Å²) in [5, 5.41) is 0. The van der Waals surface area contributed by atoms with Crippen molar-refractivity contribution in [3.63, 3.8) is 0 Å². The Hall–Kier alpha value is -2.44. The summed E-state index contributed by atoms with van der Waals surface area (Å²) < 4.78 is 35.7. The van der Waals surface area contributed by atoms with Crippen LogP contribution in [0.4, 0.5) is 14.7 Å². The average molecular weight is 268 g/mol. The normalized spacial score (nSPS) is 10.5. The van der Waals surface area contributed by atoms with E-state index in [-0.39, 0.29) is 29.6 Å². The van der Waals surface area contributed by atoms with E-state index < -0.39 is 17.6 Å². The zero-order chi connectivity index (χ0) is 14.0. The summed E-state index contributed by atoms with van der Waals surface area (Å²) in [4.78, 5) is 15.3. The van der Waals surface area contributed by atoms with Crippen molar-refractivity contribution in [2.24, 2.45) is 0 Å². The number of halogens is 2. The molecule has 2 N–H and O–H groups in total. The number of hydrogen-bond acceptors (Lipinski definition) is 5. The molecule has 0 amide bonds. The lowest BCUT2D eigenvalue weighted by Gasteiger charge is -1.97. The minimum atomic E-state index is -1.05. The zero-order valence-corrected chi connectivity index (χ0v) is 9.94. The first-order chi connectivity index (χ1) is 9.02. The number of carbonyl (C=O) groups excluding carboxylic acids is 1. The predicted molar refractivity (Wildman–Crippen MR) is 62.2 cm³/mol. The van der Waals surface area contributed by atoms with E-state index in [9.17, 15) is 13.6 Å². The van der Waals surface area contributed by atoms with Crippen LogP contribution in [0.5, 0.6) is 0 Å². The molecule has 0 saturated carbocycles. The van der Waals surface area contributed by atoms with Gasteiger partial charge < -0.3 is 14.9 Å². The second kappa shape index (κ2) is 5.05. The van der Waals surface area contributed by atoms with Crippen LogP contribution in [0.3, 0.4) is 0 Å². The van der Waals surface area contributed by atoms with E-state index >= 15 is 0 Å². The highest BCUT2D eigenvalue weighted by molar-refractivity contribution is 5.92. The van der Waals surface area contributed by atoms with Crippen LogP contribution in [0.1, 0.15) is 17.4 Å². The topological polar surface area (TPSA) is 78.3 Å². The Labute approximate surface area is 107 Å². The van der Waals surface area contributed by atoms with E-state index in [1.165, 1.54) is 6.07 Å². The lowest BCUT2D eigenvalue weighted by Crippen LogP contribution is -2.07. The number of esters is 1. The summed E-state index contributed by atoms with van der Waals surface area (Å²) in [6.45, 7) is 1.79. The van der Waals surface area contributed by atoms with Crippen molar-refractivity contribution in [1.29, 1.82) is 0 Å². The highest BCUT2D eigenvalue weighted by atomic mass is 19.2. The largest absolute Gasteiger partial charge is 0.461 e. The Morgan fingerprint density at radius 3 is 2.79 bits per heavy atom. The number of nitrogen functional groups attached to an aromatic ring is 1. The van der Waals surface area contributed by atoms with Crippen molar-refractivity contribution in [2.75, 3.05) is 12.3 Å². The standard InChI is InChI=1S/C12H10F2N2O3/c1-2-18-12(17)9-10(15)19-11(16-9)6-3-4-7(13)8(14)5-6/h3-5H,2,15H2,1H3. The number of aromatic nitrogens is 1. The summed E-state index contributed by atoms with van der Waals surface area (Å²) in [6.07, 6.45) is 0. The van der Waals surface area contributed by atoms with Crippen LogP contribution in [0.15, 0.2) is 22.6 Å². The molecule has 0 atom stereocenters. The Bertz CT molecular complexity index is 625. The molecule has 0 unspecified atom stereocenters. The third-order valence-corrected chi connectivity index (χ3v) is 2.29. The number of nitrogens with zero attached hydrogens (tertiary/aromatic N) is 1. The number of anilines is 1. The van der Waals surface area contributed by atoms with E-state index in [0.717, 1.165) is 12.1 Å². The number of nitrogens with two attached hydrogens (primary N) is 1. The first kappa shape index (κ1) is 13.0. The van der Waals surface area contributed by atoms with E-state index in [4.69, 9.17) is 14.9 Å². The molecule has 7 heteroatoms. The molecule has 100 valence electrons. The Kier molecular flexibility index (Phi) is 3.46. The molecule has 0 radical (unpaired) electrons. The van der Waals surface area contributed by atoms with Crippen LogP contribution in [0.2, 0.25) is 0 Å². The van der Waals surface area contributed by atoms with E-state index in [2.05, 4.69) is 4.98 Å². The Morgan fingerprint density at radius 2 is 2.16 bits per heavy atom. The van der Waals surface area contributed by atoms with Crippen molar-refractivity contribution >= 4 is 11.9 Å². The number of benzene rings is 1. The van der Waals surface area contributed by atoms with Crippen LogP contribution >= 0.6 is 0 Å². The maximum absolute atomic E-state index is 13.1. The zero-order valence-electron chi connectivity index (χ0n) is 9.94. The molecule has 1 heterocycles. The van der Waals surface area contributed by atoms with Gasteiger partial charge in [-0.3, -0.25) is 0 Å². The van der Waals surface area contributed by atoms with Gasteiger partial charge in [-0.25, -0.2) is 13.6 Å². The van der Waals surface area contributed by atoms with Gasteiger partial charge in [0, 0.05) is 5.56 Å². The number of rotatable bonds is 3. The molecule has 0 saturated heterocycles. The van der Waals surface area contributed by atoms with Crippen LogP contribution in [0, 0.1) is 11.6 Å². The molecule has 5 nitrogen and oxygen atoms in total. The number of hydrogen-bond donors (Lipinski definition) is 1. The minimum absolute atomic E-state index is 0.0838. The average Bonchev–Trinajstić information content (AvgIpc) is 2.75. The second-order valence-corrected chi connectivity index (χ2v) is 3.58. The summed E-state index contributed by atoms with van der Waals surface area (Å²) in [5.41, 5.74) is 5.45. The number of oxazole rings is 1. The van der Waals surface area contributed by atoms with Gasteiger partial charge in [-0.1, -0.05) is 0 Å². The van der Waals surface area contributed by atoms with Gasteiger partial charge in [0.25, 0.3) is 0 Å². The molecular formula is C12H10F2N2O3. The summed E-state index contributed by atoms with van der Waals surface area (Å²) in [7, 11) is 0. The third kappa shape index (κ3) is 2.54. The third-order valence-electron chi connectivity index (χ3n) is 2.29. The maximum atomic E-state index is 13.1. The summed E-state index contributed by atoms with van der Waals surface area (Å²) in [6, 6.07) is 3.09. The van der Waals surface area contributed by atoms with Crippen molar-refractivity contribution < 1.29 is 22.7 Å². The molecule has 0 bridgehead atoms. The molecule has 1 aromatic heterocycles. The highest BCUT2D eigenvalue weighted by Crippen LogP contribution is 2.25. The SMILES string of the molecule is CCOC(=O)c1nc(-c2ccc(F)c(F)c2)oc1N. The first-order valence-corrected chi connectivity index (χ1v) is 5.41. The van der Waals surface area contributed by atoms with Gasteiger partial charge in [0.2, 0.25) is 17.5 Å². The van der Waals surface area contributed by atoms with Crippen LogP contribution < -0.4 is 5.73 Å². The number of ether oxygens (including phenoxy) is 1.